The minimum Gasteiger partial charge on any atom is -0.395 e. The molecule has 5 nitrogen and oxygen atoms in total. The molecule has 0 aromatic carbocycles. The molecular formula is C10H22N4O. The fourth-order valence-electron chi connectivity index (χ4n) is 1.54. The van der Waals surface area contributed by atoms with Crippen molar-refractivity contribution >= 4 is 6.21 Å². The highest BCUT2D eigenvalue weighted by molar-refractivity contribution is 5.59. The molecule has 88 valence electrons. The Balaban J connectivity index is 2.28. The average molecular weight is 214 g/mol. The molecule has 0 fully saturated rings. The van der Waals surface area contributed by atoms with Crippen LogP contribution in [0.4, 0.5) is 0 Å². The Morgan fingerprint density at radius 3 is 2.93 bits per heavy atom. The number of nitrogens with zero attached hydrogens (tertiary/aromatic N) is 2. The molecule has 0 unspecified atom stereocenters. The number of rotatable bonds is 2. The normalized spacial score (nSPS) is 21.9. The second-order valence-electron chi connectivity index (χ2n) is 3.61. The summed E-state index contributed by atoms with van der Waals surface area (Å²) in [6.45, 7) is 7.50. The Labute approximate surface area is 91.6 Å². The molecule has 1 aliphatic heterocycles. The van der Waals surface area contributed by atoms with E-state index in [2.05, 4.69) is 20.5 Å². The number of aliphatic hydroxyl groups excluding tert-OH is 1. The van der Waals surface area contributed by atoms with Crippen LogP contribution < -0.4 is 10.6 Å². The molecular weight excluding hydrogens is 192 g/mol. The molecule has 15 heavy (non-hydrogen) atoms. The van der Waals surface area contributed by atoms with Crippen molar-refractivity contribution in [1.82, 2.24) is 15.5 Å². The van der Waals surface area contributed by atoms with E-state index in [0.29, 0.717) is 0 Å². The highest BCUT2D eigenvalue weighted by atomic mass is 16.3. The lowest BCUT2D eigenvalue weighted by atomic mass is 10.4. The summed E-state index contributed by atoms with van der Waals surface area (Å²) in [4.78, 5) is 6.54. The minimum atomic E-state index is 0.227. The Morgan fingerprint density at radius 2 is 2.07 bits per heavy atom. The Kier molecular flexibility index (Phi) is 7.37. The lowest BCUT2D eigenvalue weighted by Crippen LogP contribution is -2.38. The van der Waals surface area contributed by atoms with Gasteiger partial charge in [-0.15, -0.1) is 0 Å². The van der Waals surface area contributed by atoms with Crippen molar-refractivity contribution in [3.63, 3.8) is 0 Å². The topological polar surface area (TPSA) is 59.9 Å². The summed E-state index contributed by atoms with van der Waals surface area (Å²) in [6, 6.07) is 0. The summed E-state index contributed by atoms with van der Waals surface area (Å²) in [5.74, 6) is 0. The predicted molar refractivity (Wildman–Crippen MR) is 62.6 cm³/mol. The fraction of sp³-hybridized carbons (Fsp3) is 0.900. The van der Waals surface area contributed by atoms with Gasteiger partial charge in [0.15, 0.2) is 0 Å². The molecule has 1 rings (SSSR count). The van der Waals surface area contributed by atoms with Crippen molar-refractivity contribution in [3.8, 4) is 0 Å². The molecule has 0 aromatic heterocycles. The molecule has 0 spiro atoms. The summed E-state index contributed by atoms with van der Waals surface area (Å²) in [5.41, 5.74) is 0. The van der Waals surface area contributed by atoms with Crippen LogP contribution in [0.3, 0.4) is 0 Å². The van der Waals surface area contributed by atoms with Gasteiger partial charge in [-0.1, -0.05) is 0 Å². The van der Waals surface area contributed by atoms with E-state index in [-0.39, 0.29) is 6.61 Å². The first-order chi connectivity index (χ1) is 7.43. The quantitative estimate of drug-likeness (QED) is 0.526. The molecule has 0 radical (unpaired) electrons. The molecule has 0 saturated heterocycles. The van der Waals surface area contributed by atoms with E-state index >= 15 is 0 Å². The number of nitrogens with one attached hydrogen (secondary N) is 2. The third-order valence-corrected chi connectivity index (χ3v) is 2.41. The van der Waals surface area contributed by atoms with Crippen LogP contribution in [0, 0.1) is 0 Å². The highest BCUT2D eigenvalue weighted by Gasteiger charge is 2.02. The van der Waals surface area contributed by atoms with Gasteiger partial charge in [-0.25, -0.2) is 0 Å². The van der Waals surface area contributed by atoms with Gasteiger partial charge >= 0.3 is 0 Å². The van der Waals surface area contributed by atoms with Gasteiger partial charge in [-0.3, -0.25) is 9.89 Å². The van der Waals surface area contributed by atoms with E-state index in [9.17, 15) is 0 Å². The predicted octanol–water partition coefficient (Wildman–Crippen LogP) is -1.46. The number of hydrogen-bond acceptors (Lipinski definition) is 5. The van der Waals surface area contributed by atoms with Gasteiger partial charge in [-0.2, -0.15) is 0 Å². The highest BCUT2D eigenvalue weighted by Crippen LogP contribution is 1.87. The van der Waals surface area contributed by atoms with E-state index in [1.54, 1.807) is 0 Å². The third kappa shape index (κ3) is 6.57. The van der Waals surface area contributed by atoms with Crippen molar-refractivity contribution in [3.05, 3.63) is 0 Å². The van der Waals surface area contributed by atoms with Crippen LogP contribution in [0.5, 0.6) is 0 Å². The van der Waals surface area contributed by atoms with Crippen LogP contribution in [-0.2, 0) is 0 Å². The first kappa shape index (κ1) is 12.6. The summed E-state index contributed by atoms with van der Waals surface area (Å²) in [5, 5.41) is 15.5. The number of aliphatic hydroxyl groups is 1. The van der Waals surface area contributed by atoms with Gasteiger partial charge < -0.3 is 15.7 Å². The molecule has 0 saturated carbocycles. The van der Waals surface area contributed by atoms with Gasteiger partial charge in [-0.05, 0) is 0 Å². The zero-order valence-electron chi connectivity index (χ0n) is 9.28. The first-order valence-corrected chi connectivity index (χ1v) is 5.66. The van der Waals surface area contributed by atoms with Crippen LogP contribution in [0.2, 0.25) is 0 Å². The molecule has 3 N–H and O–H groups in total. The molecule has 0 atom stereocenters. The summed E-state index contributed by atoms with van der Waals surface area (Å²) >= 11 is 0. The molecule has 1 aliphatic rings. The van der Waals surface area contributed by atoms with E-state index in [0.717, 1.165) is 52.4 Å². The van der Waals surface area contributed by atoms with E-state index in [4.69, 9.17) is 5.11 Å². The average Bonchev–Trinajstić information content (AvgIpc) is 2.22. The van der Waals surface area contributed by atoms with E-state index < -0.39 is 0 Å². The van der Waals surface area contributed by atoms with Crippen LogP contribution in [0.1, 0.15) is 0 Å². The fourth-order valence-corrected chi connectivity index (χ4v) is 1.54. The smallest absolute Gasteiger partial charge is 0.0558 e. The molecule has 0 aromatic rings. The van der Waals surface area contributed by atoms with E-state index in [1.165, 1.54) is 0 Å². The molecule has 5 heteroatoms. The zero-order valence-corrected chi connectivity index (χ0v) is 9.28. The number of β-amino-alcohol motifs (C(OH)–C–C–N with tert-alkyl or cyclic N) is 1. The van der Waals surface area contributed by atoms with Crippen LogP contribution in [0.15, 0.2) is 4.99 Å². The number of hydrogen-bond donors (Lipinski definition) is 3. The molecule has 0 bridgehead atoms. The minimum absolute atomic E-state index is 0.227. The zero-order chi connectivity index (χ0) is 10.8. The second-order valence-corrected chi connectivity index (χ2v) is 3.61. The largest absolute Gasteiger partial charge is 0.395 e. The van der Waals surface area contributed by atoms with Crippen molar-refractivity contribution in [2.45, 2.75) is 0 Å². The standard InChI is InChI=1S/C10H22N4O/c15-10-9-14-7-5-12-3-1-11-2-4-13-6-8-14/h3,11,13,15H,1-2,4-10H2. The Morgan fingerprint density at radius 1 is 1.20 bits per heavy atom. The van der Waals surface area contributed by atoms with Crippen LogP contribution in [0.25, 0.3) is 0 Å². The number of aliphatic imine (C=N–C) groups is 1. The molecule has 0 amide bonds. The maximum atomic E-state index is 8.90. The summed E-state index contributed by atoms with van der Waals surface area (Å²) in [6.07, 6.45) is 1.93. The van der Waals surface area contributed by atoms with Crippen molar-refractivity contribution in [2.24, 2.45) is 4.99 Å². The second kappa shape index (κ2) is 8.79. The lowest BCUT2D eigenvalue weighted by Gasteiger charge is -2.20. The summed E-state index contributed by atoms with van der Waals surface area (Å²) < 4.78 is 0. The maximum Gasteiger partial charge on any atom is 0.0558 e. The molecule has 0 aliphatic carbocycles. The van der Waals surface area contributed by atoms with E-state index in [1.807, 2.05) is 6.21 Å². The van der Waals surface area contributed by atoms with Gasteiger partial charge in [0, 0.05) is 52.0 Å². The lowest BCUT2D eigenvalue weighted by molar-refractivity contribution is 0.199. The monoisotopic (exact) mass is 214 g/mol. The Hall–Kier alpha value is -0.490. The molecule has 1 heterocycles. The van der Waals surface area contributed by atoms with Gasteiger partial charge in [0.05, 0.1) is 13.2 Å². The van der Waals surface area contributed by atoms with Crippen LogP contribution >= 0.6 is 0 Å². The summed E-state index contributed by atoms with van der Waals surface area (Å²) in [7, 11) is 0. The first-order valence-electron chi connectivity index (χ1n) is 5.66. The van der Waals surface area contributed by atoms with Gasteiger partial charge in [0.25, 0.3) is 0 Å². The van der Waals surface area contributed by atoms with Gasteiger partial charge in [0.1, 0.15) is 0 Å². The van der Waals surface area contributed by atoms with Crippen LogP contribution in [-0.4, -0.2) is 75.2 Å². The van der Waals surface area contributed by atoms with Gasteiger partial charge in [0.2, 0.25) is 0 Å². The van der Waals surface area contributed by atoms with Crippen molar-refractivity contribution in [2.75, 3.05) is 59.0 Å². The van der Waals surface area contributed by atoms with Crippen molar-refractivity contribution < 1.29 is 5.11 Å². The SMILES string of the molecule is OCCN1CCN=CCNCCNCC1. The third-order valence-electron chi connectivity index (χ3n) is 2.41. The maximum absolute atomic E-state index is 8.90. The van der Waals surface area contributed by atoms with Crippen molar-refractivity contribution in [1.29, 1.82) is 0 Å². The Bertz CT molecular complexity index is 175.